The Labute approximate surface area is 123 Å². The van der Waals surface area contributed by atoms with E-state index < -0.39 is 5.91 Å². The van der Waals surface area contributed by atoms with Gasteiger partial charge in [0.05, 0.1) is 5.75 Å². The highest BCUT2D eigenvalue weighted by Crippen LogP contribution is 2.14. The normalized spacial score (nSPS) is 22.2. The Morgan fingerprint density at radius 1 is 1.40 bits per heavy atom. The number of amides is 3. The SMILES string of the molecule is CCN(CC)C(=O)CSC1NC(=O)CC(CC(N)=O)N1. The first kappa shape index (κ1) is 16.8. The molecule has 1 aliphatic heterocycles. The Hall–Kier alpha value is -1.28. The summed E-state index contributed by atoms with van der Waals surface area (Å²) in [5.74, 6) is -0.265. The summed E-state index contributed by atoms with van der Waals surface area (Å²) in [7, 11) is 0. The van der Waals surface area contributed by atoms with E-state index >= 15 is 0 Å². The van der Waals surface area contributed by atoms with Gasteiger partial charge in [-0.2, -0.15) is 0 Å². The lowest BCUT2D eigenvalue weighted by molar-refractivity contribution is -0.128. The molecule has 0 spiro atoms. The van der Waals surface area contributed by atoms with Crippen molar-refractivity contribution < 1.29 is 14.4 Å². The summed E-state index contributed by atoms with van der Waals surface area (Å²) in [6.07, 6.45) is 0.346. The van der Waals surface area contributed by atoms with Crippen molar-refractivity contribution in [2.75, 3.05) is 18.8 Å². The van der Waals surface area contributed by atoms with Gasteiger partial charge in [0.2, 0.25) is 17.7 Å². The maximum Gasteiger partial charge on any atom is 0.232 e. The third-order valence-corrected chi connectivity index (χ3v) is 4.05. The van der Waals surface area contributed by atoms with Gasteiger partial charge in [-0.05, 0) is 13.8 Å². The molecule has 1 aliphatic rings. The van der Waals surface area contributed by atoms with Gasteiger partial charge in [0.1, 0.15) is 5.50 Å². The van der Waals surface area contributed by atoms with Crippen LogP contribution in [0.25, 0.3) is 0 Å². The number of nitrogens with one attached hydrogen (secondary N) is 2. The van der Waals surface area contributed by atoms with Crippen LogP contribution in [0.1, 0.15) is 26.7 Å². The maximum absolute atomic E-state index is 11.9. The summed E-state index contributed by atoms with van der Waals surface area (Å²) in [6.45, 7) is 5.19. The fourth-order valence-corrected chi connectivity index (χ4v) is 3.02. The first-order chi connectivity index (χ1) is 9.46. The molecule has 0 aromatic rings. The molecule has 0 aromatic carbocycles. The van der Waals surface area contributed by atoms with Crippen LogP contribution in [0.15, 0.2) is 0 Å². The molecule has 2 atom stereocenters. The number of hydrogen-bond donors (Lipinski definition) is 3. The zero-order valence-corrected chi connectivity index (χ0v) is 12.7. The number of nitrogens with zero attached hydrogens (tertiary/aromatic N) is 1. The average molecular weight is 302 g/mol. The van der Waals surface area contributed by atoms with E-state index in [1.807, 2.05) is 13.8 Å². The molecular weight excluding hydrogens is 280 g/mol. The summed E-state index contributed by atoms with van der Waals surface area (Å²) in [4.78, 5) is 36.1. The fraction of sp³-hybridized carbons (Fsp3) is 0.750. The number of carbonyl (C=O) groups is 3. The van der Waals surface area contributed by atoms with Crippen LogP contribution in [0.2, 0.25) is 0 Å². The van der Waals surface area contributed by atoms with E-state index in [4.69, 9.17) is 5.73 Å². The van der Waals surface area contributed by atoms with Gasteiger partial charge in [0, 0.05) is 32.0 Å². The second-order valence-corrected chi connectivity index (χ2v) is 5.66. The summed E-state index contributed by atoms with van der Waals surface area (Å²) in [5.41, 5.74) is 4.77. The van der Waals surface area contributed by atoms with Gasteiger partial charge in [-0.1, -0.05) is 0 Å². The zero-order chi connectivity index (χ0) is 15.1. The van der Waals surface area contributed by atoms with Crippen molar-refractivity contribution in [2.45, 2.75) is 38.2 Å². The molecule has 0 bridgehead atoms. The molecule has 4 N–H and O–H groups in total. The number of rotatable bonds is 7. The molecule has 20 heavy (non-hydrogen) atoms. The van der Waals surface area contributed by atoms with Crippen molar-refractivity contribution in [1.82, 2.24) is 15.5 Å². The Kier molecular flexibility index (Phi) is 6.80. The highest BCUT2D eigenvalue weighted by molar-refractivity contribution is 8.00. The lowest BCUT2D eigenvalue weighted by atomic mass is 10.1. The van der Waals surface area contributed by atoms with Gasteiger partial charge in [0.25, 0.3) is 0 Å². The molecular formula is C12H22N4O3S. The predicted octanol–water partition coefficient (Wildman–Crippen LogP) is -0.775. The van der Waals surface area contributed by atoms with E-state index in [-0.39, 0.29) is 41.9 Å². The molecule has 0 aromatic heterocycles. The number of nitrogens with two attached hydrogens (primary N) is 1. The van der Waals surface area contributed by atoms with Crippen LogP contribution >= 0.6 is 11.8 Å². The Balaban J connectivity index is 2.44. The third kappa shape index (κ3) is 5.38. The standard InChI is InChI=1S/C12H22N4O3S/c1-3-16(4-2)11(19)7-20-12-14-8(5-9(13)17)6-10(18)15-12/h8,12,14H,3-7H2,1-2H3,(H2,13,17)(H,15,18). The summed E-state index contributed by atoms with van der Waals surface area (Å²) >= 11 is 1.31. The van der Waals surface area contributed by atoms with Crippen LogP contribution in [0.3, 0.4) is 0 Å². The quantitative estimate of drug-likeness (QED) is 0.572. The van der Waals surface area contributed by atoms with E-state index in [1.165, 1.54) is 11.8 Å². The van der Waals surface area contributed by atoms with E-state index in [2.05, 4.69) is 10.6 Å². The van der Waals surface area contributed by atoms with Crippen LogP contribution in [-0.2, 0) is 14.4 Å². The highest BCUT2D eigenvalue weighted by atomic mass is 32.2. The number of primary amides is 1. The topological polar surface area (TPSA) is 105 Å². The lowest BCUT2D eigenvalue weighted by Gasteiger charge is -2.31. The summed E-state index contributed by atoms with van der Waals surface area (Å²) in [5, 5.41) is 5.84. The van der Waals surface area contributed by atoms with Crippen molar-refractivity contribution >= 4 is 29.5 Å². The second-order valence-electron chi connectivity index (χ2n) is 4.56. The molecule has 1 saturated heterocycles. The number of carbonyl (C=O) groups excluding carboxylic acids is 3. The van der Waals surface area contributed by atoms with Gasteiger partial charge in [-0.25, -0.2) is 0 Å². The Morgan fingerprint density at radius 3 is 2.60 bits per heavy atom. The Morgan fingerprint density at radius 2 is 2.05 bits per heavy atom. The fourth-order valence-electron chi connectivity index (χ4n) is 2.03. The molecule has 7 nitrogen and oxygen atoms in total. The third-order valence-electron chi connectivity index (χ3n) is 3.05. The summed E-state index contributed by atoms with van der Waals surface area (Å²) < 4.78 is 0. The van der Waals surface area contributed by atoms with Crippen LogP contribution in [-0.4, -0.2) is 53.0 Å². The van der Waals surface area contributed by atoms with Crippen molar-refractivity contribution in [3.63, 3.8) is 0 Å². The van der Waals surface area contributed by atoms with Crippen molar-refractivity contribution in [2.24, 2.45) is 5.73 Å². The van der Waals surface area contributed by atoms with Gasteiger partial charge in [-0.15, -0.1) is 11.8 Å². The molecule has 114 valence electrons. The van der Waals surface area contributed by atoms with Crippen LogP contribution < -0.4 is 16.4 Å². The average Bonchev–Trinajstić information content (AvgIpc) is 2.36. The minimum atomic E-state index is -0.444. The maximum atomic E-state index is 11.9. The predicted molar refractivity (Wildman–Crippen MR) is 77.7 cm³/mol. The lowest BCUT2D eigenvalue weighted by Crippen LogP contribution is -2.55. The van der Waals surface area contributed by atoms with Crippen molar-refractivity contribution in [3.05, 3.63) is 0 Å². The molecule has 2 unspecified atom stereocenters. The van der Waals surface area contributed by atoms with Gasteiger partial charge >= 0.3 is 0 Å². The van der Waals surface area contributed by atoms with Crippen LogP contribution in [0, 0.1) is 0 Å². The Bertz CT molecular complexity index is 372. The smallest absolute Gasteiger partial charge is 0.232 e. The first-order valence-corrected chi connectivity index (χ1v) is 7.74. The van der Waals surface area contributed by atoms with E-state index in [0.29, 0.717) is 13.1 Å². The molecule has 1 rings (SSSR count). The van der Waals surface area contributed by atoms with E-state index in [1.54, 1.807) is 4.90 Å². The molecule has 1 heterocycles. The monoisotopic (exact) mass is 302 g/mol. The summed E-state index contributed by atoms with van der Waals surface area (Å²) in [6, 6.07) is -0.262. The molecule has 1 fully saturated rings. The van der Waals surface area contributed by atoms with Gasteiger partial charge < -0.3 is 16.0 Å². The van der Waals surface area contributed by atoms with E-state index in [9.17, 15) is 14.4 Å². The van der Waals surface area contributed by atoms with Crippen LogP contribution in [0.4, 0.5) is 0 Å². The zero-order valence-electron chi connectivity index (χ0n) is 11.8. The molecule has 8 heteroatoms. The molecule has 0 saturated carbocycles. The van der Waals surface area contributed by atoms with Crippen molar-refractivity contribution in [3.8, 4) is 0 Å². The molecule has 0 aliphatic carbocycles. The number of hydrogen-bond acceptors (Lipinski definition) is 5. The second kappa shape index (κ2) is 8.11. The largest absolute Gasteiger partial charge is 0.370 e. The van der Waals surface area contributed by atoms with Gasteiger partial charge in [0.15, 0.2) is 0 Å². The minimum absolute atomic E-state index is 0.0353. The van der Waals surface area contributed by atoms with E-state index in [0.717, 1.165) is 0 Å². The van der Waals surface area contributed by atoms with Gasteiger partial charge in [-0.3, -0.25) is 19.7 Å². The molecule has 0 radical (unpaired) electrons. The molecule has 3 amide bonds. The number of thioether (sulfide) groups is 1. The minimum Gasteiger partial charge on any atom is -0.370 e. The highest BCUT2D eigenvalue weighted by Gasteiger charge is 2.27. The van der Waals surface area contributed by atoms with Crippen LogP contribution in [0.5, 0.6) is 0 Å². The first-order valence-electron chi connectivity index (χ1n) is 6.69. The van der Waals surface area contributed by atoms with Crippen molar-refractivity contribution in [1.29, 1.82) is 0 Å².